The van der Waals surface area contributed by atoms with Crippen LogP contribution >= 0.6 is 0 Å². The summed E-state index contributed by atoms with van der Waals surface area (Å²) < 4.78 is 23.7. The lowest BCUT2D eigenvalue weighted by Gasteiger charge is -2.47. The van der Waals surface area contributed by atoms with E-state index in [2.05, 4.69) is 0 Å². The Morgan fingerprint density at radius 3 is 2.20 bits per heavy atom. The maximum atomic E-state index is 12.3. The van der Waals surface area contributed by atoms with Crippen LogP contribution in [-0.2, 0) is 19.6 Å². The van der Waals surface area contributed by atoms with Gasteiger partial charge in [-0.3, -0.25) is 9.59 Å². The van der Waals surface area contributed by atoms with Crippen LogP contribution < -0.4 is 0 Å². The largest absolute Gasteiger partial charge is 0.339 e. The second-order valence-electron chi connectivity index (χ2n) is 5.43. The fraction of sp³-hybridized carbons (Fsp3) is 0.833. The Morgan fingerprint density at radius 1 is 1.25 bits per heavy atom. The van der Waals surface area contributed by atoms with Crippen LogP contribution in [0.3, 0.4) is 0 Å². The minimum absolute atomic E-state index is 0.105. The third-order valence-electron chi connectivity index (χ3n) is 4.08. The van der Waals surface area contributed by atoms with Crippen molar-refractivity contribution in [2.75, 3.05) is 26.9 Å². The highest BCUT2D eigenvalue weighted by Crippen LogP contribution is 2.21. The molecule has 0 aromatic rings. The Labute approximate surface area is 120 Å². The molecule has 0 bridgehead atoms. The number of carbonyl (C=O) groups is 2. The predicted molar refractivity (Wildman–Crippen MR) is 75.5 cm³/mol. The molecule has 0 N–H and O–H groups in total. The lowest BCUT2D eigenvalue weighted by atomic mass is 10.0. The van der Waals surface area contributed by atoms with Gasteiger partial charge in [0.25, 0.3) is 0 Å². The van der Waals surface area contributed by atoms with Gasteiger partial charge in [-0.15, -0.1) is 0 Å². The lowest BCUT2D eigenvalue weighted by Crippen LogP contribution is -2.65. The number of rotatable bonds is 3. The molecule has 1 heterocycles. The fourth-order valence-electron chi connectivity index (χ4n) is 2.36. The Hall–Kier alpha value is -1.15. The van der Waals surface area contributed by atoms with Crippen LogP contribution in [0, 0.1) is 0 Å². The van der Waals surface area contributed by atoms with Gasteiger partial charge in [-0.25, -0.2) is 8.42 Å². The molecule has 0 aromatic heterocycles. The molecule has 0 saturated carbocycles. The van der Waals surface area contributed by atoms with E-state index in [4.69, 9.17) is 0 Å². The number of amides is 2. The van der Waals surface area contributed by atoms with Crippen LogP contribution in [-0.4, -0.2) is 79.4 Å². The van der Waals surface area contributed by atoms with Gasteiger partial charge in [0.05, 0.1) is 12.8 Å². The van der Waals surface area contributed by atoms with E-state index in [9.17, 15) is 18.0 Å². The standard InChI is InChI=1S/C12H23N3O4S/c1-8-9(2)15(10(3)12(17)14(8)5)11(16)7-13(4)20(6,18)19/h8-10H,7H2,1-6H3. The Kier molecular flexibility index (Phi) is 4.81. The summed E-state index contributed by atoms with van der Waals surface area (Å²) in [7, 11) is -0.355. The van der Waals surface area contributed by atoms with Crippen molar-refractivity contribution in [3.63, 3.8) is 0 Å². The molecule has 0 radical (unpaired) electrons. The minimum Gasteiger partial charge on any atom is -0.339 e. The molecule has 3 unspecified atom stereocenters. The van der Waals surface area contributed by atoms with Crippen molar-refractivity contribution in [3.05, 3.63) is 0 Å². The smallest absolute Gasteiger partial charge is 0.245 e. The zero-order valence-electron chi connectivity index (χ0n) is 12.8. The molecule has 1 saturated heterocycles. The number of carbonyl (C=O) groups excluding carboxylic acids is 2. The summed E-state index contributed by atoms with van der Waals surface area (Å²) in [6, 6.07) is -0.842. The Bertz CT molecular complexity index is 505. The number of hydrogen-bond acceptors (Lipinski definition) is 4. The van der Waals surface area contributed by atoms with Gasteiger partial charge in [0, 0.05) is 26.2 Å². The summed E-state index contributed by atoms with van der Waals surface area (Å²) in [5, 5.41) is 0. The van der Waals surface area contributed by atoms with Crippen molar-refractivity contribution < 1.29 is 18.0 Å². The van der Waals surface area contributed by atoms with Crippen LogP contribution in [0.15, 0.2) is 0 Å². The predicted octanol–water partition coefficient (Wildman–Crippen LogP) is -0.656. The summed E-state index contributed by atoms with van der Waals surface area (Å²) in [5.41, 5.74) is 0. The van der Waals surface area contributed by atoms with Gasteiger partial charge in [-0.2, -0.15) is 4.31 Å². The number of piperazine rings is 1. The second kappa shape index (κ2) is 5.69. The molecular weight excluding hydrogens is 282 g/mol. The molecular formula is C12H23N3O4S. The maximum Gasteiger partial charge on any atom is 0.245 e. The van der Waals surface area contributed by atoms with Crippen LogP contribution in [0.5, 0.6) is 0 Å². The first kappa shape index (κ1) is 16.9. The summed E-state index contributed by atoms with van der Waals surface area (Å²) in [6.45, 7) is 5.15. The van der Waals surface area contributed by atoms with Crippen molar-refractivity contribution in [2.24, 2.45) is 0 Å². The van der Waals surface area contributed by atoms with Gasteiger partial charge in [0.2, 0.25) is 21.8 Å². The molecule has 1 rings (SSSR count). The highest BCUT2D eigenvalue weighted by molar-refractivity contribution is 7.88. The van der Waals surface area contributed by atoms with Crippen molar-refractivity contribution in [1.29, 1.82) is 0 Å². The van der Waals surface area contributed by atoms with Crippen molar-refractivity contribution in [2.45, 2.75) is 38.9 Å². The first-order valence-electron chi connectivity index (χ1n) is 6.47. The van der Waals surface area contributed by atoms with E-state index in [0.717, 1.165) is 10.6 Å². The van der Waals surface area contributed by atoms with E-state index in [1.165, 1.54) is 11.9 Å². The molecule has 8 heteroatoms. The molecule has 3 atom stereocenters. The molecule has 0 aromatic carbocycles. The maximum absolute atomic E-state index is 12.3. The summed E-state index contributed by atoms with van der Waals surface area (Å²) in [6.07, 6.45) is 1.05. The molecule has 1 aliphatic rings. The van der Waals surface area contributed by atoms with Crippen LogP contribution in [0.4, 0.5) is 0 Å². The van der Waals surface area contributed by atoms with Gasteiger partial charge in [-0.1, -0.05) is 0 Å². The van der Waals surface area contributed by atoms with Crippen molar-refractivity contribution in [3.8, 4) is 0 Å². The molecule has 2 amide bonds. The zero-order valence-corrected chi connectivity index (χ0v) is 13.6. The molecule has 0 spiro atoms. The van der Waals surface area contributed by atoms with Gasteiger partial charge in [-0.05, 0) is 20.8 Å². The normalized spacial score (nSPS) is 28.1. The van der Waals surface area contributed by atoms with Crippen molar-refractivity contribution in [1.82, 2.24) is 14.1 Å². The number of likely N-dealkylation sites (N-methyl/N-ethyl adjacent to an activating group) is 2. The summed E-state index contributed by atoms with van der Waals surface area (Å²) in [5.74, 6) is -0.489. The first-order chi connectivity index (χ1) is 8.98. The van der Waals surface area contributed by atoms with E-state index < -0.39 is 16.1 Å². The molecule has 7 nitrogen and oxygen atoms in total. The number of nitrogens with zero attached hydrogens (tertiary/aromatic N) is 3. The second-order valence-corrected chi connectivity index (χ2v) is 7.52. The Balaban J connectivity index is 2.94. The SMILES string of the molecule is CC1C(C)N(C(=O)CN(C)S(C)(=O)=O)C(C)C(=O)N1C. The molecule has 20 heavy (non-hydrogen) atoms. The molecule has 116 valence electrons. The lowest BCUT2D eigenvalue weighted by molar-refractivity contribution is -0.157. The third-order valence-corrected chi connectivity index (χ3v) is 5.34. The van der Waals surface area contributed by atoms with E-state index in [1.54, 1.807) is 18.9 Å². The number of sulfonamides is 1. The highest BCUT2D eigenvalue weighted by atomic mass is 32.2. The minimum atomic E-state index is -3.42. The van der Waals surface area contributed by atoms with Gasteiger partial charge >= 0.3 is 0 Å². The van der Waals surface area contributed by atoms with E-state index in [0.29, 0.717) is 0 Å². The fourth-order valence-corrected chi connectivity index (χ4v) is 2.70. The summed E-state index contributed by atoms with van der Waals surface area (Å²) >= 11 is 0. The molecule has 1 aliphatic heterocycles. The third kappa shape index (κ3) is 3.12. The van der Waals surface area contributed by atoms with E-state index in [1.807, 2.05) is 13.8 Å². The molecule has 1 fully saturated rings. The monoisotopic (exact) mass is 305 g/mol. The first-order valence-corrected chi connectivity index (χ1v) is 8.32. The van der Waals surface area contributed by atoms with Crippen LogP contribution in [0.1, 0.15) is 20.8 Å². The number of hydrogen-bond donors (Lipinski definition) is 0. The Morgan fingerprint density at radius 2 is 1.75 bits per heavy atom. The van der Waals surface area contributed by atoms with Gasteiger partial charge in [0.1, 0.15) is 6.04 Å². The van der Waals surface area contributed by atoms with Crippen LogP contribution in [0.2, 0.25) is 0 Å². The van der Waals surface area contributed by atoms with E-state index >= 15 is 0 Å². The highest BCUT2D eigenvalue weighted by Gasteiger charge is 2.41. The van der Waals surface area contributed by atoms with Gasteiger partial charge in [0.15, 0.2) is 0 Å². The average Bonchev–Trinajstić information content (AvgIpc) is 2.33. The average molecular weight is 305 g/mol. The summed E-state index contributed by atoms with van der Waals surface area (Å²) in [4.78, 5) is 27.5. The van der Waals surface area contributed by atoms with E-state index in [-0.39, 0.29) is 30.4 Å². The molecule has 0 aliphatic carbocycles. The quantitative estimate of drug-likeness (QED) is 0.694. The van der Waals surface area contributed by atoms with Gasteiger partial charge < -0.3 is 9.80 Å². The zero-order chi connectivity index (χ0) is 15.8. The van der Waals surface area contributed by atoms with Crippen LogP contribution in [0.25, 0.3) is 0 Å². The van der Waals surface area contributed by atoms with Crippen molar-refractivity contribution >= 4 is 21.8 Å². The topological polar surface area (TPSA) is 78.0 Å².